The van der Waals surface area contributed by atoms with Crippen molar-refractivity contribution in [3.8, 4) is 0 Å². The Bertz CT molecular complexity index is 1090. The van der Waals surface area contributed by atoms with Crippen molar-refractivity contribution in [2.24, 2.45) is 0 Å². The Morgan fingerprint density at radius 2 is 1.97 bits per heavy atom. The number of hydrogen-bond donors (Lipinski definition) is 3. The molecule has 9 heteroatoms. The molecule has 0 aromatic carbocycles. The Morgan fingerprint density at radius 3 is 2.67 bits per heavy atom. The molecule has 9 nitrogen and oxygen atoms in total. The third kappa shape index (κ3) is 3.73. The fraction of sp³-hybridized carbons (Fsp3) is 0.429. The minimum absolute atomic E-state index is 0.0666. The van der Waals surface area contributed by atoms with E-state index in [2.05, 4.69) is 20.6 Å². The van der Waals surface area contributed by atoms with E-state index in [9.17, 15) is 9.90 Å². The lowest BCUT2D eigenvalue weighted by Crippen LogP contribution is -2.37. The van der Waals surface area contributed by atoms with Crippen molar-refractivity contribution < 1.29 is 9.84 Å². The van der Waals surface area contributed by atoms with Gasteiger partial charge in [-0.1, -0.05) is 0 Å². The summed E-state index contributed by atoms with van der Waals surface area (Å²) in [6.45, 7) is 1.10. The highest BCUT2D eigenvalue weighted by molar-refractivity contribution is 5.93. The number of anilines is 3. The number of fused-ring (bicyclic) bond motifs is 1. The Balaban J connectivity index is 1.55. The first-order valence-corrected chi connectivity index (χ1v) is 10.3. The second-order valence-electron chi connectivity index (χ2n) is 7.91. The topological polar surface area (TPSA) is 114 Å². The van der Waals surface area contributed by atoms with Gasteiger partial charge in [-0.3, -0.25) is 9.78 Å². The van der Waals surface area contributed by atoms with Gasteiger partial charge in [0.05, 0.1) is 36.9 Å². The van der Waals surface area contributed by atoms with Crippen LogP contribution in [0.15, 0.2) is 41.7 Å². The lowest BCUT2D eigenvalue weighted by molar-refractivity contribution is -0.0246. The summed E-state index contributed by atoms with van der Waals surface area (Å²) in [5.41, 5.74) is -0.0716. The fourth-order valence-electron chi connectivity index (χ4n) is 4.03. The number of pyridine rings is 2. The standard InChI is InChI=1S/C21H24N6O3/c28-16-3-1-14(2-4-16)24-20-19-13(5-8-27(21(19)29)15-11-30-12-15)9-17(26-20)25-18-10-22-6-7-23-18/h5-10,14-16,28H,1-4,11-12H2,(H2,23,24,25,26). The highest BCUT2D eigenvalue weighted by Crippen LogP contribution is 2.28. The van der Waals surface area contributed by atoms with E-state index < -0.39 is 0 Å². The molecule has 3 N–H and O–H groups in total. The zero-order valence-corrected chi connectivity index (χ0v) is 16.5. The van der Waals surface area contributed by atoms with Gasteiger partial charge in [0.2, 0.25) is 0 Å². The number of hydrogen-bond acceptors (Lipinski definition) is 8. The normalized spacial score (nSPS) is 21.9. The maximum atomic E-state index is 13.3. The molecule has 5 rings (SSSR count). The predicted octanol–water partition coefficient (Wildman–Crippen LogP) is 2.22. The van der Waals surface area contributed by atoms with Gasteiger partial charge in [-0.15, -0.1) is 0 Å². The van der Waals surface area contributed by atoms with Gasteiger partial charge in [0.15, 0.2) is 0 Å². The number of aliphatic hydroxyl groups excluding tert-OH is 1. The van der Waals surface area contributed by atoms with Crippen molar-refractivity contribution in [1.82, 2.24) is 19.5 Å². The second kappa shape index (κ2) is 8.00. The molecular formula is C21H24N6O3. The van der Waals surface area contributed by atoms with Gasteiger partial charge in [-0.25, -0.2) is 9.97 Å². The van der Waals surface area contributed by atoms with Gasteiger partial charge in [-0.05, 0) is 43.2 Å². The van der Waals surface area contributed by atoms with Gasteiger partial charge >= 0.3 is 0 Å². The molecule has 156 valence electrons. The number of rotatable bonds is 5. The van der Waals surface area contributed by atoms with Crippen LogP contribution in [0.25, 0.3) is 10.8 Å². The summed E-state index contributed by atoms with van der Waals surface area (Å²) in [4.78, 5) is 26.3. The number of aliphatic hydroxyl groups is 1. The first-order valence-electron chi connectivity index (χ1n) is 10.3. The van der Waals surface area contributed by atoms with Crippen LogP contribution in [0.5, 0.6) is 0 Å². The Labute approximate surface area is 173 Å². The summed E-state index contributed by atoms with van der Waals surface area (Å²) in [6, 6.07) is 4.02. The van der Waals surface area contributed by atoms with E-state index in [0.717, 1.165) is 31.1 Å². The van der Waals surface area contributed by atoms with Crippen LogP contribution in [0.2, 0.25) is 0 Å². The molecule has 1 saturated carbocycles. The van der Waals surface area contributed by atoms with Crippen molar-refractivity contribution in [2.75, 3.05) is 23.8 Å². The number of nitrogens with zero attached hydrogens (tertiary/aromatic N) is 4. The van der Waals surface area contributed by atoms with Crippen LogP contribution in [0, 0.1) is 0 Å². The lowest BCUT2D eigenvalue weighted by atomic mass is 9.93. The summed E-state index contributed by atoms with van der Waals surface area (Å²) in [5, 5.41) is 17.8. The first kappa shape index (κ1) is 19.0. The zero-order valence-electron chi connectivity index (χ0n) is 16.5. The van der Waals surface area contributed by atoms with Gasteiger partial charge in [0, 0.05) is 24.6 Å². The average molecular weight is 408 g/mol. The lowest BCUT2D eigenvalue weighted by Gasteiger charge is -2.29. The van der Waals surface area contributed by atoms with Crippen molar-refractivity contribution in [2.45, 2.75) is 43.9 Å². The molecule has 0 atom stereocenters. The molecule has 3 aromatic rings. The summed E-state index contributed by atoms with van der Waals surface area (Å²) in [5.74, 6) is 1.72. The molecule has 3 aromatic heterocycles. The van der Waals surface area contributed by atoms with Crippen LogP contribution < -0.4 is 16.2 Å². The third-order valence-electron chi connectivity index (χ3n) is 5.78. The van der Waals surface area contributed by atoms with E-state index in [1.165, 1.54) is 0 Å². The van der Waals surface area contributed by atoms with E-state index in [-0.39, 0.29) is 23.7 Å². The third-order valence-corrected chi connectivity index (χ3v) is 5.78. The summed E-state index contributed by atoms with van der Waals surface area (Å²) in [7, 11) is 0. The van der Waals surface area contributed by atoms with Crippen LogP contribution in [-0.2, 0) is 4.74 Å². The van der Waals surface area contributed by atoms with Crippen LogP contribution in [0.4, 0.5) is 17.5 Å². The molecule has 0 spiro atoms. The van der Waals surface area contributed by atoms with Gasteiger partial charge in [-0.2, -0.15) is 0 Å². The molecule has 30 heavy (non-hydrogen) atoms. The molecule has 1 aliphatic carbocycles. The molecule has 0 radical (unpaired) electrons. The zero-order chi connectivity index (χ0) is 20.5. The Morgan fingerprint density at radius 1 is 1.13 bits per heavy atom. The SMILES string of the molecule is O=c1c2c(NC3CCC(O)CC3)nc(Nc3cnccn3)cc2ccn1C1COC1. The van der Waals surface area contributed by atoms with Gasteiger partial charge in [0.25, 0.3) is 5.56 Å². The predicted molar refractivity (Wildman–Crippen MR) is 113 cm³/mol. The minimum Gasteiger partial charge on any atom is -0.393 e. The Hall–Kier alpha value is -3.04. The monoisotopic (exact) mass is 408 g/mol. The summed E-state index contributed by atoms with van der Waals surface area (Å²) >= 11 is 0. The molecule has 1 saturated heterocycles. The quantitative estimate of drug-likeness (QED) is 0.589. The Kier molecular flexibility index (Phi) is 5.06. The highest BCUT2D eigenvalue weighted by Gasteiger charge is 2.25. The van der Waals surface area contributed by atoms with Crippen molar-refractivity contribution >= 4 is 28.2 Å². The number of ether oxygens (including phenoxy) is 1. The van der Waals surface area contributed by atoms with Gasteiger partial charge in [0.1, 0.15) is 17.5 Å². The number of nitrogens with one attached hydrogen (secondary N) is 2. The van der Waals surface area contributed by atoms with Crippen LogP contribution >= 0.6 is 0 Å². The molecule has 2 aliphatic rings. The molecule has 2 fully saturated rings. The molecule has 0 unspecified atom stereocenters. The van der Waals surface area contributed by atoms with Crippen molar-refractivity contribution in [1.29, 1.82) is 0 Å². The number of aromatic nitrogens is 4. The van der Waals surface area contributed by atoms with E-state index >= 15 is 0 Å². The van der Waals surface area contributed by atoms with E-state index in [0.29, 0.717) is 36.1 Å². The summed E-state index contributed by atoms with van der Waals surface area (Å²) in [6.07, 6.45) is 9.58. The molecule has 4 heterocycles. The van der Waals surface area contributed by atoms with E-state index in [1.54, 1.807) is 23.2 Å². The van der Waals surface area contributed by atoms with Crippen LogP contribution in [-0.4, -0.2) is 50.0 Å². The molecular weight excluding hydrogens is 384 g/mol. The van der Waals surface area contributed by atoms with Crippen LogP contribution in [0.3, 0.4) is 0 Å². The minimum atomic E-state index is -0.242. The van der Waals surface area contributed by atoms with Gasteiger partial charge < -0.3 is 25.0 Å². The van der Waals surface area contributed by atoms with E-state index in [4.69, 9.17) is 9.72 Å². The first-order chi connectivity index (χ1) is 14.7. The smallest absolute Gasteiger partial charge is 0.262 e. The molecule has 1 aliphatic heterocycles. The largest absolute Gasteiger partial charge is 0.393 e. The molecule has 0 bridgehead atoms. The molecule has 0 amide bonds. The second-order valence-corrected chi connectivity index (χ2v) is 7.91. The van der Waals surface area contributed by atoms with Crippen molar-refractivity contribution in [3.63, 3.8) is 0 Å². The maximum Gasteiger partial charge on any atom is 0.262 e. The highest BCUT2D eigenvalue weighted by atomic mass is 16.5. The average Bonchev–Trinajstić information content (AvgIpc) is 2.71. The van der Waals surface area contributed by atoms with E-state index in [1.807, 2.05) is 18.3 Å². The summed E-state index contributed by atoms with van der Waals surface area (Å²) < 4.78 is 7.00. The van der Waals surface area contributed by atoms with Crippen LogP contribution in [0.1, 0.15) is 31.7 Å². The van der Waals surface area contributed by atoms with Crippen molar-refractivity contribution in [3.05, 3.63) is 47.3 Å². The maximum absolute atomic E-state index is 13.3. The fourth-order valence-corrected chi connectivity index (χ4v) is 4.03.